The lowest BCUT2D eigenvalue weighted by molar-refractivity contribution is -0.384. The van der Waals surface area contributed by atoms with E-state index in [2.05, 4.69) is 21.4 Å². The molecule has 3 rings (SSSR count). The van der Waals surface area contributed by atoms with E-state index in [9.17, 15) is 10.1 Å². The summed E-state index contributed by atoms with van der Waals surface area (Å²) >= 11 is 0. The molecule has 0 aliphatic heterocycles. The first-order chi connectivity index (χ1) is 10.7. The van der Waals surface area contributed by atoms with Crippen LogP contribution in [0.5, 0.6) is 0 Å². The van der Waals surface area contributed by atoms with Gasteiger partial charge in [-0.15, -0.1) is 0 Å². The molecule has 1 heterocycles. The zero-order valence-corrected chi connectivity index (χ0v) is 11.4. The standard InChI is InChI=1S/C15H11N5O2/c16-8-11-3-6-13-14(7-11)19-15(18-13)17-9-10-1-4-12(5-2-10)20(21)22/h1-7H,9H2,(H2,17,18,19). The third-order valence-electron chi connectivity index (χ3n) is 3.22. The lowest BCUT2D eigenvalue weighted by atomic mass is 10.2. The van der Waals surface area contributed by atoms with Crippen molar-refractivity contribution in [2.24, 2.45) is 0 Å². The molecule has 108 valence electrons. The number of hydrogen-bond donors (Lipinski definition) is 2. The van der Waals surface area contributed by atoms with Crippen LogP contribution in [0.3, 0.4) is 0 Å². The van der Waals surface area contributed by atoms with Crippen molar-refractivity contribution in [2.45, 2.75) is 6.54 Å². The van der Waals surface area contributed by atoms with Crippen LogP contribution < -0.4 is 5.32 Å². The largest absolute Gasteiger partial charge is 0.352 e. The number of imidazole rings is 1. The molecule has 0 amide bonds. The first-order valence-corrected chi connectivity index (χ1v) is 6.53. The molecule has 1 aromatic heterocycles. The number of aromatic amines is 1. The normalized spacial score (nSPS) is 10.3. The van der Waals surface area contributed by atoms with Crippen LogP contribution in [0.15, 0.2) is 42.5 Å². The summed E-state index contributed by atoms with van der Waals surface area (Å²) in [6, 6.07) is 13.6. The van der Waals surface area contributed by atoms with Crippen molar-refractivity contribution in [3.8, 4) is 6.07 Å². The second-order valence-electron chi connectivity index (χ2n) is 4.71. The van der Waals surface area contributed by atoms with E-state index in [0.717, 1.165) is 16.6 Å². The number of H-pyrrole nitrogens is 1. The monoisotopic (exact) mass is 293 g/mol. The Hall–Kier alpha value is -3.40. The maximum atomic E-state index is 10.6. The molecule has 0 fully saturated rings. The first-order valence-electron chi connectivity index (χ1n) is 6.53. The average molecular weight is 293 g/mol. The van der Waals surface area contributed by atoms with E-state index >= 15 is 0 Å². The predicted molar refractivity (Wildman–Crippen MR) is 81.2 cm³/mol. The molecule has 22 heavy (non-hydrogen) atoms. The SMILES string of the molecule is N#Cc1ccc2nc(NCc3ccc([N+](=O)[O-])cc3)[nH]c2c1. The highest BCUT2D eigenvalue weighted by Gasteiger charge is 2.06. The topological polar surface area (TPSA) is 108 Å². The minimum absolute atomic E-state index is 0.0662. The van der Waals surface area contributed by atoms with Gasteiger partial charge in [0, 0.05) is 18.7 Å². The summed E-state index contributed by atoms with van der Waals surface area (Å²) in [6.07, 6.45) is 0. The number of hydrogen-bond acceptors (Lipinski definition) is 5. The van der Waals surface area contributed by atoms with Gasteiger partial charge in [0.1, 0.15) is 0 Å². The van der Waals surface area contributed by atoms with Crippen LogP contribution in [0.4, 0.5) is 11.6 Å². The Morgan fingerprint density at radius 2 is 2.05 bits per heavy atom. The second-order valence-corrected chi connectivity index (χ2v) is 4.71. The molecule has 7 nitrogen and oxygen atoms in total. The van der Waals surface area contributed by atoms with Gasteiger partial charge in [0.05, 0.1) is 27.6 Å². The molecular weight excluding hydrogens is 282 g/mol. The van der Waals surface area contributed by atoms with E-state index in [0.29, 0.717) is 18.1 Å². The number of nitro benzene ring substituents is 1. The van der Waals surface area contributed by atoms with E-state index in [-0.39, 0.29) is 5.69 Å². The summed E-state index contributed by atoms with van der Waals surface area (Å²) in [5.41, 5.74) is 3.09. The Morgan fingerprint density at radius 3 is 2.73 bits per heavy atom. The fourth-order valence-corrected chi connectivity index (χ4v) is 2.08. The number of aromatic nitrogens is 2. The molecule has 0 atom stereocenters. The molecule has 0 bridgehead atoms. The fraction of sp³-hybridized carbons (Fsp3) is 0.0667. The zero-order chi connectivity index (χ0) is 15.5. The molecule has 0 aliphatic carbocycles. The van der Waals surface area contributed by atoms with E-state index in [1.165, 1.54) is 12.1 Å². The van der Waals surface area contributed by atoms with Crippen LogP contribution in [-0.2, 0) is 6.54 Å². The molecule has 0 radical (unpaired) electrons. The smallest absolute Gasteiger partial charge is 0.269 e. The zero-order valence-electron chi connectivity index (χ0n) is 11.4. The number of benzene rings is 2. The first kappa shape index (κ1) is 13.6. The minimum atomic E-state index is -0.427. The molecule has 0 unspecified atom stereocenters. The van der Waals surface area contributed by atoms with Crippen LogP contribution in [0.2, 0.25) is 0 Å². The van der Waals surface area contributed by atoms with Crippen LogP contribution in [0.25, 0.3) is 11.0 Å². The van der Waals surface area contributed by atoms with Gasteiger partial charge in [0.15, 0.2) is 0 Å². The summed E-state index contributed by atoms with van der Waals surface area (Å²) in [4.78, 5) is 17.6. The number of non-ortho nitro benzene ring substituents is 1. The molecule has 2 N–H and O–H groups in total. The van der Waals surface area contributed by atoms with E-state index in [1.54, 1.807) is 30.3 Å². The predicted octanol–water partition coefficient (Wildman–Crippen LogP) is 2.95. The van der Waals surface area contributed by atoms with Crippen molar-refractivity contribution < 1.29 is 4.92 Å². The lowest BCUT2D eigenvalue weighted by Gasteiger charge is -2.02. The molecule has 0 spiro atoms. The number of nitrogens with zero attached hydrogens (tertiary/aromatic N) is 3. The van der Waals surface area contributed by atoms with Gasteiger partial charge in [-0.05, 0) is 23.8 Å². The number of rotatable bonds is 4. The summed E-state index contributed by atoms with van der Waals surface area (Å²) in [7, 11) is 0. The quantitative estimate of drug-likeness (QED) is 0.568. The summed E-state index contributed by atoms with van der Waals surface area (Å²) in [5.74, 6) is 0.587. The summed E-state index contributed by atoms with van der Waals surface area (Å²) in [5, 5.41) is 22.6. The summed E-state index contributed by atoms with van der Waals surface area (Å²) in [6.45, 7) is 0.489. The van der Waals surface area contributed by atoms with Crippen LogP contribution in [0.1, 0.15) is 11.1 Å². The Kier molecular flexibility index (Phi) is 3.42. The highest BCUT2D eigenvalue weighted by atomic mass is 16.6. The Labute approximate surface area is 125 Å². The number of nitrogens with one attached hydrogen (secondary N) is 2. The molecule has 7 heteroatoms. The third kappa shape index (κ3) is 2.71. The number of nitriles is 1. The van der Waals surface area contributed by atoms with Crippen molar-refractivity contribution in [3.05, 3.63) is 63.7 Å². The minimum Gasteiger partial charge on any atom is -0.352 e. The van der Waals surface area contributed by atoms with Crippen LogP contribution in [0, 0.1) is 21.4 Å². The highest BCUT2D eigenvalue weighted by molar-refractivity contribution is 5.78. The Bertz CT molecular complexity index is 877. The van der Waals surface area contributed by atoms with Crippen molar-refractivity contribution in [1.82, 2.24) is 9.97 Å². The van der Waals surface area contributed by atoms with Gasteiger partial charge >= 0.3 is 0 Å². The van der Waals surface area contributed by atoms with Gasteiger partial charge in [0.25, 0.3) is 5.69 Å². The van der Waals surface area contributed by atoms with E-state index < -0.39 is 4.92 Å². The highest BCUT2D eigenvalue weighted by Crippen LogP contribution is 2.17. The van der Waals surface area contributed by atoms with E-state index in [1.807, 2.05) is 0 Å². The molecule has 3 aromatic rings. The van der Waals surface area contributed by atoms with Crippen molar-refractivity contribution in [1.29, 1.82) is 5.26 Å². The number of anilines is 1. The van der Waals surface area contributed by atoms with Gasteiger partial charge in [-0.1, -0.05) is 12.1 Å². The number of fused-ring (bicyclic) bond motifs is 1. The van der Waals surface area contributed by atoms with Gasteiger partial charge in [-0.25, -0.2) is 4.98 Å². The molecule has 0 saturated carbocycles. The average Bonchev–Trinajstić information content (AvgIpc) is 2.95. The van der Waals surface area contributed by atoms with Crippen LogP contribution >= 0.6 is 0 Å². The number of nitro groups is 1. The lowest BCUT2D eigenvalue weighted by Crippen LogP contribution is -2.00. The molecule has 2 aromatic carbocycles. The molecule has 0 saturated heterocycles. The molecule has 0 aliphatic rings. The van der Waals surface area contributed by atoms with Gasteiger partial charge in [-0.3, -0.25) is 10.1 Å². The van der Waals surface area contributed by atoms with Crippen molar-refractivity contribution in [3.63, 3.8) is 0 Å². The van der Waals surface area contributed by atoms with E-state index in [4.69, 9.17) is 5.26 Å². The second kappa shape index (κ2) is 5.54. The summed E-state index contributed by atoms with van der Waals surface area (Å²) < 4.78 is 0. The van der Waals surface area contributed by atoms with Gasteiger partial charge in [-0.2, -0.15) is 5.26 Å². The fourth-order valence-electron chi connectivity index (χ4n) is 2.08. The molecular formula is C15H11N5O2. The van der Waals surface area contributed by atoms with Gasteiger partial charge < -0.3 is 10.3 Å². The van der Waals surface area contributed by atoms with Crippen LogP contribution in [-0.4, -0.2) is 14.9 Å². The van der Waals surface area contributed by atoms with Crippen molar-refractivity contribution >= 4 is 22.7 Å². The maximum Gasteiger partial charge on any atom is 0.269 e. The Morgan fingerprint density at radius 1 is 1.27 bits per heavy atom. The van der Waals surface area contributed by atoms with Gasteiger partial charge in [0.2, 0.25) is 5.95 Å². The maximum absolute atomic E-state index is 10.6. The Balaban J connectivity index is 1.73. The third-order valence-corrected chi connectivity index (χ3v) is 3.22. The van der Waals surface area contributed by atoms with Crippen molar-refractivity contribution in [2.75, 3.05) is 5.32 Å².